The van der Waals surface area contributed by atoms with Crippen LogP contribution in [-0.4, -0.2) is 13.3 Å². The summed E-state index contributed by atoms with van der Waals surface area (Å²) in [5.74, 6) is 0.945. The average molecular weight is 441 g/mol. The minimum atomic E-state index is -0.599. The molecule has 1 aromatic rings. The van der Waals surface area contributed by atoms with E-state index in [1.165, 1.54) is 114 Å². The molecule has 1 unspecified atom stereocenters. The van der Waals surface area contributed by atoms with E-state index in [2.05, 4.69) is 19.1 Å². The Balaban J connectivity index is 1.83. The lowest BCUT2D eigenvalue weighted by molar-refractivity contribution is 0.418. The molecule has 3 heteroatoms. The number of hydrogen-bond acceptors (Lipinski definition) is 1. The highest BCUT2D eigenvalue weighted by molar-refractivity contribution is 7.90. The number of hydrogen-bond donors (Lipinski definition) is 0. The Morgan fingerprint density at radius 2 is 1.07 bits per heavy atom. The van der Waals surface area contributed by atoms with Gasteiger partial charge in [0, 0.05) is 12.6 Å². The minimum absolute atomic E-state index is 0.599. The van der Waals surface area contributed by atoms with Gasteiger partial charge in [0.05, 0.1) is 7.11 Å². The first-order valence-electron chi connectivity index (χ1n) is 12.4. The van der Waals surface area contributed by atoms with Crippen molar-refractivity contribution in [2.24, 2.45) is 0 Å². The van der Waals surface area contributed by atoms with E-state index in [-0.39, 0.29) is 0 Å². The van der Waals surface area contributed by atoms with E-state index in [0.29, 0.717) is 0 Å². The van der Waals surface area contributed by atoms with Gasteiger partial charge in [-0.1, -0.05) is 133 Å². The van der Waals surface area contributed by atoms with Crippen molar-refractivity contribution in [3.8, 4) is 5.75 Å². The molecular formula is C26H46ClOP. The van der Waals surface area contributed by atoms with Crippen molar-refractivity contribution in [3.63, 3.8) is 0 Å². The van der Waals surface area contributed by atoms with Crippen LogP contribution < -0.4 is 10.0 Å². The smallest absolute Gasteiger partial charge is 0.127 e. The first kappa shape index (κ1) is 26.8. The maximum Gasteiger partial charge on any atom is 0.127 e. The largest absolute Gasteiger partial charge is 0.496 e. The molecule has 0 amide bonds. The molecule has 0 aliphatic rings. The predicted octanol–water partition coefficient (Wildman–Crippen LogP) is 9.61. The van der Waals surface area contributed by atoms with Gasteiger partial charge in [-0.05, 0) is 24.7 Å². The number of halogens is 1. The van der Waals surface area contributed by atoms with Crippen LogP contribution >= 0.6 is 18.5 Å². The van der Waals surface area contributed by atoms with E-state index >= 15 is 0 Å². The van der Waals surface area contributed by atoms with Gasteiger partial charge < -0.3 is 4.74 Å². The molecule has 0 fully saturated rings. The monoisotopic (exact) mass is 440 g/mol. The normalized spacial score (nSPS) is 12.2. The molecule has 0 aliphatic heterocycles. The molecule has 0 bridgehead atoms. The summed E-state index contributed by atoms with van der Waals surface area (Å²) in [4.78, 5) is 0. The average Bonchev–Trinajstić information content (AvgIpc) is 2.75. The highest BCUT2D eigenvalue weighted by Gasteiger charge is 2.12. The van der Waals surface area contributed by atoms with Crippen LogP contribution in [0.4, 0.5) is 0 Å². The summed E-state index contributed by atoms with van der Waals surface area (Å²) in [5.41, 5.74) is 0. The van der Waals surface area contributed by atoms with Gasteiger partial charge in [-0.2, -0.15) is 0 Å². The third-order valence-corrected chi connectivity index (χ3v) is 8.46. The molecule has 0 heterocycles. The number of methoxy groups -OCH3 is 1. The summed E-state index contributed by atoms with van der Waals surface area (Å²) in [6.45, 7) is 2.29. The summed E-state index contributed by atoms with van der Waals surface area (Å²) < 4.78 is 5.43. The number of para-hydroxylation sites is 1. The summed E-state index contributed by atoms with van der Waals surface area (Å²) >= 11 is 6.65. The predicted molar refractivity (Wildman–Crippen MR) is 134 cm³/mol. The summed E-state index contributed by atoms with van der Waals surface area (Å²) in [6.07, 6.45) is 25.2. The second kappa shape index (κ2) is 19.7. The quantitative estimate of drug-likeness (QED) is 0.145. The molecule has 0 saturated carbocycles. The van der Waals surface area contributed by atoms with Gasteiger partial charge in [-0.25, -0.2) is 0 Å². The third kappa shape index (κ3) is 14.4. The SMILES string of the molecule is CCCCCCCCCCCCCCCCCCCP(Cl)c1ccccc1OC. The fourth-order valence-corrected chi connectivity index (χ4v) is 6.10. The van der Waals surface area contributed by atoms with Crippen molar-refractivity contribution in [2.45, 2.75) is 116 Å². The van der Waals surface area contributed by atoms with Crippen LogP contribution in [0.25, 0.3) is 0 Å². The highest BCUT2D eigenvalue weighted by atomic mass is 35.7. The van der Waals surface area contributed by atoms with Crippen molar-refractivity contribution in [1.82, 2.24) is 0 Å². The Morgan fingerprint density at radius 1 is 0.655 bits per heavy atom. The third-order valence-electron chi connectivity index (χ3n) is 5.80. The Morgan fingerprint density at radius 3 is 1.52 bits per heavy atom. The van der Waals surface area contributed by atoms with E-state index < -0.39 is 7.27 Å². The molecular weight excluding hydrogens is 395 g/mol. The van der Waals surface area contributed by atoms with Gasteiger partial charge in [-0.3, -0.25) is 0 Å². The number of benzene rings is 1. The Hall–Kier alpha value is -0.260. The van der Waals surface area contributed by atoms with Crippen molar-refractivity contribution in [2.75, 3.05) is 13.3 Å². The first-order valence-corrected chi connectivity index (χ1v) is 14.8. The molecule has 0 radical (unpaired) electrons. The van der Waals surface area contributed by atoms with E-state index in [0.717, 1.165) is 11.9 Å². The Kier molecular flexibility index (Phi) is 18.2. The van der Waals surface area contributed by atoms with Gasteiger partial charge in [-0.15, -0.1) is 0 Å². The van der Waals surface area contributed by atoms with Gasteiger partial charge in [0.2, 0.25) is 0 Å². The topological polar surface area (TPSA) is 9.23 Å². The fraction of sp³-hybridized carbons (Fsp3) is 0.769. The number of ether oxygens (including phenoxy) is 1. The van der Waals surface area contributed by atoms with Gasteiger partial charge in [0.1, 0.15) is 5.75 Å². The van der Waals surface area contributed by atoms with Crippen LogP contribution in [0.5, 0.6) is 5.75 Å². The maximum absolute atomic E-state index is 6.65. The summed E-state index contributed by atoms with van der Waals surface area (Å²) in [5, 5.41) is 1.20. The fourth-order valence-electron chi connectivity index (χ4n) is 3.93. The number of unbranched alkanes of at least 4 members (excludes halogenated alkanes) is 16. The molecule has 0 saturated heterocycles. The molecule has 0 aliphatic carbocycles. The van der Waals surface area contributed by atoms with Crippen LogP contribution in [0.2, 0.25) is 0 Å². The molecule has 0 N–H and O–H groups in total. The Labute approximate surface area is 187 Å². The number of rotatable bonds is 20. The lowest BCUT2D eigenvalue weighted by Crippen LogP contribution is -2.04. The van der Waals surface area contributed by atoms with Gasteiger partial charge >= 0.3 is 0 Å². The molecule has 1 nitrogen and oxygen atoms in total. The molecule has 0 spiro atoms. The van der Waals surface area contributed by atoms with Crippen molar-refractivity contribution in [3.05, 3.63) is 24.3 Å². The van der Waals surface area contributed by atoms with Crippen molar-refractivity contribution < 1.29 is 4.74 Å². The van der Waals surface area contributed by atoms with E-state index in [4.69, 9.17) is 16.0 Å². The van der Waals surface area contributed by atoms with Gasteiger partial charge in [0.15, 0.2) is 0 Å². The summed E-state index contributed by atoms with van der Waals surface area (Å²) in [7, 11) is 1.13. The highest BCUT2D eigenvalue weighted by Crippen LogP contribution is 2.43. The van der Waals surface area contributed by atoms with Crippen molar-refractivity contribution in [1.29, 1.82) is 0 Å². The lowest BCUT2D eigenvalue weighted by atomic mass is 10.0. The first-order chi connectivity index (χ1) is 14.3. The molecule has 1 rings (SSSR count). The van der Waals surface area contributed by atoms with E-state index in [9.17, 15) is 0 Å². The van der Waals surface area contributed by atoms with Crippen molar-refractivity contribution >= 4 is 23.8 Å². The zero-order valence-corrected chi connectivity index (χ0v) is 20.9. The van der Waals surface area contributed by atoms with Crippen LogP contribution in [0.1, 0.15) is 116 Å². The zero-order valence-electron chi connectivity index (χ0n) is 19.3. The van der Waals surface area contributed by atoms with Crippen LogP contribution in [-0.2, 0) is 0 Å². The minimum Gasteiger partial charge on any atom is -0.496 e. The van der Waals surface area contributed by atoms with E-state index in [1.807, 2.05) is 12.1 Å². The van der Waals surface area contributed by atoms with Crippen LogP contribution in [0.15, 0.2) is 24.3 Å². The standard InChI is InChI=1S/C26H46ClOP/c1-3-4-5-6-7-8-9-10-11-12-13-14-15-16-17-18-21-24-29(27)26-23-20-19-22-25(26)28-2/h19-20,22-23H,3-18,21,24H2,1-2H3. The molecule has 0 aromatic heterocycles. The molecule has 168 valence electrons. The second-order valence-electron chi connectivity index (χ2n) is 8.41. The Bertz CT molecular complexity index is 480. The van der Waals surface area contributed by atoms with Crippen LogP contribution in [0.3, 0.4) is 0 Å². The molecule has 1 atom stereocenters. The molecule has 29 heavy (non-hydrogen) atoms. The van der Waals surface area contributed by atoms with Gasteiger partial charge in [0.25, 0.3) is 0 Å². The lowest BCUT2D eigenvalue weighted by Gasteiger charge is -2.13. The summed E-state index contributed by atoms with van der Waals surface area (Å²) in [6, 6.07) is 8.20. The zero-order chi connectivity index (χ0) is 21.0. The maximum atomic E-state index is 6.65. The van der Waals surface area contributed by atoms with E-state index in [1.54, 1.807) is 7.11 Å². The molecule has 1 aromatic carbocycles. The van der Waals surface area contributed by atoms with Crippen LogP contribution in [0, 0.1) is 0 Å². The second-order valence-corrected chi connectivity index (χ2v) is 11.3.